The van der Waals surface area contributed by atoms with Crippen molar-refractivity contribution in [2.24, 2.45) is 0 Å². The number of hydrogen-bond acceptors (Lipinski definition) is 6. The number of amides is 1. The average Bonchev–Trinajstić information content (AvgIpc) is 3.37. The van der Waals surface area contributed by atoms with E-state index in [2.05, 4.69) is 25.3 Å². The Morgan fingerprint density at radius 1 is 1.09 bits per heavy atom. The Morgan fingerprint density at radius 2 is 1.85 bits per heavy atom. The lowest BCUT2D eigenvalue weighted by atomic mass is 9.95. The van der Waals surface area contributed by atoms with Gasteiger partial charge < -0.3 is 10.2 Å². The van der Waals surface area contributed by atoms with Gasteiger partial charge in [-0.1, -0.05) is 0 Å². The van der Waals surface area contributed by atoms with E-state index in [0.29, 0.717) is 36.5 Å². The number of carbonyl (C=O) groups excluding carboxylic acids is 1. The van der Waals surface area contributed by atoms with E-state index >= 15 is 0 Å². The summed E-state index contributed by atoms with van der Waals surface area (Å²) in [6, 6.07) is 3.20. The van der Waals surface area contributed by atoms with Crippen LogP contribution >= 0.6 is 0 Å². The van der Waals surface area contributed by atoms with Gasteiger partial charge in [0.15, 0.2) is 17.5 Å². The molecule has 2 aliphatic heterocycles. The summed E-state index contributed by atoms with van der Waals surface area (Å²) >= 11 is 0. The van der Waals surface area contributed by atoms with Crippen molar-refractivity contribution in [3.63, 3.8) is 0 Å². The number of pyridine rings is 2. The normalized spacial score (nSPS) is 21.7. The summed E-state index contributed by atoms with van der Waals surface area (Å²) in [5.74, 6) is -1.23. The Kier molecular flexibility index (Phi) is 5.41. The number of fused-ring (bicyclic) bond motifs is 2. The summed E-state index contributed by atoms with van der Waals surface area (Å²) < 4.78 is 52.8. The summed E-state index contributed by atoms with van der Waals surface area (Å²) in [6.07, 6.45) is 2.69. The zero-order valence-corrected chi connectivity index (χ0v) is 18.1. The van der Waals surface area contributed by atoms with E-state index < -0.39 is 17.6 Å². The van der Waals surface area contributed by atoms with E-state index in [9.17, 15) is 22.4 Å². The predicted octanol–water partition coefficient (Wildman–Crippen LogP) is 4.26. The van der Waals surface area contributed by atoms with Crippen molar-refractivity contribution >= 4 is 11.7 Å². The molecule has 2 fully saturated rings. The van der Waals surface area contributed by atoms with Crippen LogP contribution in [-0.2, 0) is 6.18 Å². The number of halogens is 4. The lowest BCUT2D eigenvalue weighted by Crippen LogP contribution is -2.40. The van der Waals surface area contributed by atoms with Gasteiger partial charge in [-0.2, -0.15) is 13.2 Å². The van der Waals surface area contributed by atoms with Gasteiger partial charge >= 0.3 is 6.18 Å². The van der Waals surface area contributed by atoms with Crippen LogP contribution in [0.25, 0.3) is 11.4 Å². The first-order chi connectivity index (χ1) is 16.2. The van der Waals surface area contributed by atoms with Crippen molar-refractivity contribution in [2.75, 3.05) is 5.32 Å². The highest BCUT2D eigenvalue weighted by Crippen LogP contribution is 2.41. The lowest BCUT2D eigenvalue weighted by Gasteiger charge is -2.26. The fourth-order valence-electron chi connectivity index (χ4n) is 4.81. The molecular weight excluding hydrogens is 452 g/mol. The molecule has 3 aromatic rings. The van der Waals surface area contributed by atoms with Gasteiger partial charge in [-0.25, -0.2) is 19.3 Å². The molecule has 3 aromatic heterocycles. The topological polar surface area (TPSA) is 83.9 Å². The predicted molar refractivity (Wildman–Crippen MR) is 114 cm³/mol. The number of nitrogens with one attached hydrogen (secondary N) is 1. The summed E-state index contributed by atoms with van der Waals surface area (Å²) in [6.45, 7) is 1.86. The molecule has 0 aromatic carbocycles. The van der Waals surface area contributed by atoms with Crippen LogP contribution in [0.4, 0.5) is 23.4 Å². The number of carbonyl (C=O) groups is 1. The minimum Gasteiger partial charge on any atom is -0.363 e. The maximum atomic E-state index is 14.3. The van der Waals surface area contributed by atoms with Crippen molar-refractivity contribution in [1.82, 2.24) is 24.8 Å². The number of alkyl halides is 3. The molecule has 1 N–H and O–H groups in total. The molecule has 2 aliphatic rings. The van der Waals surface area contributed by atoms with Crippen LogP contribution in [-0.4, -0.2) is 48.9 Å². The molecule has 3 unspecified atom stereocenters. The highest BCUT2D eigenvalue weighted by molar-refractivity contribution is 5.99. The molecule has 0 radical (unpaired) electrons. The van der Waals surface area contributed by atoms with Crippen LogP contribution in [0.5, 0.6) is 0 Å². The highest BCUT2D eigenvalue weighted by atomic mass is 19.4. The summed E-state index contributed by atoms with van der Waals surface area (Å²) in [5.41, 5.74) is 0.457. The van der Waals surface area contributed by atoms with Crippen LogP contribution in [0.2, 0.25) is 0 Å². The molecule has 11 heteroatoms. The Balaban J connectivity index is 1.40. The fourth-order valence-corrected chi connectivity index (χ4v) is 4.81. The van der Waals surface area contributed by atoms with E-state index in [1.807, 2.05) is 13.0 Å². The molecule has 0 saturated carbocycles. The third-order valence-corrected chi connectivity index (χ3v) is 6.30. The van der Waals surface area contributed by atoms with Gasteiger partial charge in [0.05, 0.1) is 23.2 Å². The number of aryl methyl sites for hydroxylation is 1. The first kappa shape index (κ1) is 22.2. The Hall–Kier alpha value is -3.63. The van der Waals surface area contributed by atoms with Crippen LogP contribution < -0.4 is 5.32 Å². The SMILES string of the molecule is Cc1cnc(C(=O)N2C3CCC2C(Nc2ncc(C(F)(F)F)cc2F)C3)c(-c2ncccn2)c1. The van der Waals surface area contributed by atoms with Crippen molar-refractivity contribution in [3.8, 4) is 11.4 Å². The van der Waals surface area contributed by atoms with Gasteiger partial charge in [0.1, 0.15) is 5.69 Å². The molecule has 7 nitrogen and oxygen atoms in total. The van der Waals surface area contributed by atoms with E-state index in [1.54, 1.807) is 29.6 Å². The minimum atomic E-state index is -4.68. The molecule has 34 heavy (non-hydrogen) atoms. The quantitative estimate of drug-likeness (QED) is 0.572. The number of anilines is 1. The standard InChI is InChI=1S/C23H20F4N6O/c1-12-7-15(20-28-5-2-6-29-20)19(30-10-12)22(34)33-14-3-4-18(33)17(9-14)32-21-16(24)8-13(11-31-21)23(25,26)27/h2,5-8,10-11,14,17-18H,3-4,9H2,1H3,(H,31,32). The van der Waals surface area contributed by atoms with E-state index in [-0.39, 0.29) is 35.5 Å². The number of nitrogens with zero attached hydrogens (tertiary/aromatic N) is 5. The molecule has 0 aliphatic carbocycles. The van der Waals surface area contributed by atoms with Crippen molar-refractivity contribution in [2.45, 2.75) is 50.5 Å². The van der Waals surface area contributed by atoms with E-state index in [4.69, 9.17) is 0 Å². The Bertz CT molecular complexity index is 1240. The molecule has 176 valence electrons. The van der Waals surface area contributed by atoms with E-state index in [1.165, 1.54) is 0 Å². The summed E-state index contributed by atoms with van der Waals surface area (Å²) in [5, 5.41) is 2.92. The molecule has 2 saturated heterocycles. The molecule has 0 spiro atoms. The summed E-state index contributed by atoms with van der Waals surface area (Å²) in [4.78, 5) is 31.9. The average molecular weight is 472 g/mol. The van der Waals surface area contributed by atoms with Gasteiger partial charge in [0.2, 0.25) is 0 Å². The van der Waals surface area contributed by atoms with Crippen molar-refractivity contribution in [3.05, 3.63) is 65.6 Å². The molecule has 1 amide bonds. The number of rotatable bonds is 4. The van der Waals surface area contributed by atoms with Crippen LogP contribution in [0.1, 0.15) is 40.9 Å². The molecule has 5 rings (SSSR count). The smallest absolute Gasteiger partial charge is 0.363 e. The first-order valence-corrected chi connectivity index (χ1v) is 10.8. The van der Waals surface area contributed by atoms with Crippen molar-refractivity contribution in [1.29, 1.82) is 0 Å². The third-order valence-electron chi connectivity index (χ3n) is 6.30. The highest BCUT2D eigenvalue weighted by Gasteiger charge is 2.49. The van der Waals surface area contributed by atoms with Crippen LogP contribution in [0.3, 0.4) is 0 Å². The zero-order chi connectivity index (χ0) is 24.0. The number of aromatic nitrogens is 4. The maximum absolute atomic E-state index is 14.3. The Morgan fingerprint density at radius 3 is 2.56 bits per heavy atom. The van der Waals surface area contributed by atoms with Gasteiger partial charge in [-0.05, 0) is 49.9 Å². The molecule has 5 heterocycles. The lowest BCUT2D eigenvalue weighted by molar-refractivity contribution is -0.138. The first-order valence-electron chi connectivity index (χ1n) is 10.8. The summed E-state index contributed by atoms with van der Waals surface area (Å²) in [7, 11) is 0. The van der Waals surface area contributed by atoms with Crippen molar-refractivity contribution < 1.29 is 22.4 Å². The maximum Gasteiger partial charge on any atom is 0.417 e. The van der Waals surface area contributed by atoms with Crippen LogP contribution in [0, 0.1) is 12.7 Å². The van der Waals surface area contributed by atoms with Gasteiger partial charge in [-0.3, -0.25) is 9.78 Å². The second-order valence-corrected chi connectivity index (χ2v) is 8.53. The monoisotopic (exact) mass is 472 g/mol. The largest absolute Gasteiger partial charge is 0.417 e. The third kappa shape index (κ3) is 3.95. The zero-order valence-electron chi connectivity index (χ0n) is 18.1. The Labute approximate surface area is 192 Å². The molecule has 3 atom stereocenters. The van der Waals surface area contributed by atoms with Gasteiger partial charge in [-0.15, -0.1) is 0 Å². The van der Waals surface area contributed by atoms with Gasteiger partial charge in [0.25, 0.3) is 5.91 Å². The molecule has 2 bridgehead atoms. The van der Waals surface area contributed by atoms with E-state index in [0.717, 1.165) is 12.0 Å². The minimum absolute atomic E-state index is 0.0971. The second kappa shape index (κ2) is 8.30. The fraction of sp³-hybridized carbons (Fsp3) is 0.348. The number of hydrogen-bond donors (Lipinski definition) is 1. The second-order valence-electron chi connectivity index (χ2n) is 8.53. The van der Waals surface area contributed by atoms with Gasteiger partial charge in [0, 0.05) is 30.8 Å². The van der Waals surface area contributed by atoms with Crippen LogP contribution in [0.15, 0.2) is 43.0 Å². The molecular formula is C23H20F4N6O.